The first-order valence-electron chi connectivity index (χ1n) is 10.5. The number of aryl methyl sites for hydroxylation is 1. The second-order valence-electron chi connectivity index (χ2n) is 8.01. The minimum atomic E-state index is 0.369. The average molecular weight is 368 g/mol. The van der Waals surface area contributed by atoms with E-state index in [0.29, 0.717) is 24.6 Å². The van der Waals surface area contributed by atoms with Crippen LogP contribution in [0.5, 0.6) is 5.75 Å². The van der Waals surface area contributed by atoms with Crippen molar-refractivity contribution in [3.8, 4) is 5.75 Å². The van der Waals surface area contributed by atoms with Crippen LogP contribution in [0.4, 0.5) is 0 Å². The molecule has 0 N–H and O–H groups in total. The number of nitrogens with zero attached hydrogens (tertiary/aromatic N) is 1. The molecule has 0 saturated heterocycles. The summed E-state index contributed by atoms with van der Waals surface area (Å²) < 4.78 is 5.99. The fraction of sp³-hybridized carbons (Fsp3) is 0.520. The Labute approximate surface area is 166 Å². The van der Waals surface area contributed by atoms with Gasteiger partial charge in [-0.05, 0) is 72.6 Å². The summed E-state index contributed by atoms with van der Waals surface area (Å²) in [5.74, 6) is 1.40. The second-order valence-corrected chi connectivity index (χ2v) is 8.01. The molecule has 0 radical (unpaired) electrons. The standard InChI is InChI=1S/C25H37NO/c1-7-27-25-16-15-21(6)18-24(25)23(22-12-9-8-10-13-22)14-11-17-26(19(2)3)20(4)5/h8-10,12-13,15-16,18-20,23H,7,11,14,17H2,1-6H3. The van der Waals surface area contributed by atoms with Gasteiger partial charge in [0, 0.05) is 23.6 Å². The SMILES string of the molecule is CCOc1ccc(C)cc1C(CCCN(C(C)C)C(C)C)c1ccccc1. The van der Waals surface area contributed by atoms with E-state index in [4.69, 9.17) is 4.74 Å². The van der Waals surface area contributed by atoms with E-state index in [1.54, 1.807) is 0 Å². The van der Waals surface area contributed by atoms with Crippen molar-refractivity contribution in [3.63, 3.8) is 0 Å². The number of hydrogen-bond acceptors (Lipinski definition) is 2. The highest BCUT2D eigenvalue weighted by atomic mass is 16.5. The zero-order valence-corrected chi connectivity index (χ0v) is 18.0. The zero-order valence-electron chi connectivity index (χ0n) is 18.0. The predicted octanol–water partition coefficient (Wildman–Crippen LogP) is 6.42. The van der Waals surface area contributed by atoms with Crippen LogP contribution < -0.4 is 4.74 Å². The van der Waals surface area contributed by atoms with Gasteiger partial charge in [0.15, 0.2) is 0 Å². The molecular weight excluding hydrogens is 330 g/mol. The fourth-order valence-corrected chi connectivity index (χ4v) is 4.00. The molecule has 0 spiro atoms. The average Bonchev–Trinajstić information content (AvgIpc) is 2.63. The summed E-state index contributed by atoms with van der Waals surface area (Å²) in [6.45, 7) is 15.2. The first-order chi connectivity index (χ1) is 12.9. The molecule has 0 amide bonds. The van der Waals surface area contributed by atoms with E-state index in [2.05, 4.69) is 95.0 Å². The Kier molecular flexibility index (Phi) is 8.37. The molecule has 148 valence electrons. The van der Waals surface area contributed by atoms with Gasteiger partial charge in [-0.3, -0.25) is 4.90 Å². The monoisotopic (exact) mass is 367 g/mol. The molecule has 0 fully saturated rings. The Bertz CT molecular complexity index is 670. The molecule has 0 heterocycles. The van der Waals surface area contributed by atoms with Gasteiger partial charge in [0.1, 0.15) is 5.75 Å². The molecule has 2 nitrogen and oxygen atoms in total. The maximum absolute atomic E-state index is 5.99. The van der Waals surface area contributed by atoms with Crippen molar-refractivity contribution in [1.29, 1.82) is 0 Å². The van der Waals surface area contributed by atoms with E-state index in [-0.39, 0.29) is 0 Å². The molecule has 2 rings (SSSR count). The smallest absolute Gasteiger partial charge is 0.123 e. The highest BCUT2D eigenvalue weighted by molar-refractivity contribution is 5.44. The summed E-state index contributed by atoms with van der Waals surface area (Å²) in [7, 11) is 0. The first kappa shape index (κ1) is 21.5. The topological polar surface area (TPSA) is 12.5 Å². The van der Waals surface area contributed by atoms with Gasteiger partial charge in [-0.1, -0.05) is 48.0 Å². The maximum Gasteiger partial charge on any atom is 0.123 e. The van der Waals surface area contributed by atoms with Gasteiger partial charge in [-0.15, -0.1) is 0 Å². The highest BCUT2D eigenvalue weighted by Crippen LogP contribution is 2.36. The quantitative estimate of drug-likeness (QED) is 0.480. The van der Waals surface area contributed by atoms with Crippen LogP contribution in [0.1, 0.15) is 70.1 Å². The molecule has 2 aromatic carbocycles. The number of benzene rings is 2. The van der Waals surface area contributed by atoms with Crippen LogP contribution in [-0.2, 0) is 0 Å². The molecule has 27 heavy (non-hydrogen) atoms. The van der Waals surface area contributed by atoms with Crippen molar-refractivity contribution < 1.29 is 4.74 Å². The summed E-state index contributed by atoms with van der Waals surface area (Å²) >= 11 is 0. The van der Waals surface area contributed by atoms with Gasteiger partial charge >= 0.3 is 0 Å². The molecule has 1 atom stereocenters. The van der Waals surface area contributed by atoms with Crippen molar-refractivity contribution in [1.82, 2.24) is 4.90 Å². The molecule has 1 unspecified atom stereocenters. The van der Waals surface area contributed by atoms with Crippen LogP contribution in [0.3, 0.4) is 0 Å². The Morgan fingerprint density at radius 2 is 1.59 bits per heavy atom. The van der Waals surface area contributed by atoms with Crippen molar-refractivity contribution in [2.75, 3.05) is 13.2 Å². The van der Waals surface area contributed by atoms with Gasteiger partial charge in [-0.25, -0.2) is 0 Å². The molecule has 0 aliphatic carbocycles. The number of ether oxygens (including phenoxy) is 1. The van der Waals surface area contributed by atoms with E-state index in [0.717, 1.165) is 18.7 Å². The van der Waals surface area contributed by atoms with E-state index in [1.807, 2.05) is 0 Å². The minimum Gasteiger partial charge on any atom is -0.494 e. The number of rotatable bonds is 10. The Balaban J connectivity index is 2.27. The van der Waals surface area contributed by atoms with Crippen LogP contribution in [0.2, 0.25) is 0 Å². The molecule has 0 bridgehead atoms. The van der Waals surface area contributed by atoms with Gasteiger partial charge in [-0.2, -0.15) is 0 Å². The van der Waals surface area contributed by atoms with Crippen molar-refractivity contribution in [2.45, 2.75) is 72.4 Å². The van der Waals surface area contributed by atoms with Gasteiger partial charge < -0.3 is 4.74 Å². The number of hydrogen-bond donors (Lipinski definition) is 0. The Hall–Kier alpha value is -1.80. The van der Waals surface area contributed by atoms with Gasteiger partial charge in [0.25, 0.3) is 0 Å². The molecular formula is C25H37NO. The van der Waals surface area contributed by atoms with E-state index in [1.165, 1.54) is 23.1 Å². The predicted molar refractivity (Wildman–Crippen MR) is 117 cm³/mol. The third-order valence-electron chi connectivity index (χ3n) is 5.28. The van der Waals surface area contributed by atoms with Gasteiger partial charge in [0.05, 0.1) is 6.61 Å². The van der Waals surface area contributed by atoms with E-state index >= 15 is 0 Å². The lowest BCUT2D eigenvalue weighted by atomic mass is 9.86. The normalized spacial score (nSPS) is 12.8. The highest BCUT2D eigenvalue weighted by Gasteiger charge is 2.20. The summed E-state index contributed by atoms with van der Waals surface area (Å²) in [5.41, 5.74) is 3.99. The van der Waals surface area contributed by atoms with Crippen LogP contribution in [-0.4, -0.2) is 30.1 Å². The first-order valence-corrected chi connectivity index (χ1v) is 10.5. The summed E-state index contributed by atoms with van der Waals surface area (Å²) in [4.78, 5) is 2.59. The molecule has 0 aromatic heterocycles. The fourth-order valence-electron chi connectivity index (χ4n) is 4.00. The molecule has 0 aliphatic heterocycles. The van der Waals surface area contributed by atoms with Gasteiger partial charge in [0.2, 0.25) is 0 Å². The zero-order chi connectivity index (χ0) is 19.8. The summed E-state index contributed by atoms with van der Waals surface area (Å²) in [6.07, 6.45) is 2.30. The largest absolute Gasteiger partial charge is 0.494 e. The third kappa shape index (κ3) is 6.10. The lowest BCUT2D eigenvalue weighted by molar-refractivity contribution is 0.171. The summed E-state index contributed by atoms with van der Waals surface area (Å²) in [5, 5.41) is 0. The molecule has 2 aromatic rings. The third-order valence-corrected chi connectivity index (χ3v) is 5.28. The van der Waals surface area contributed by atoms with E-state index < -0.39 is 0 Å². The lowest BCUT2D eigenvalue weighted by Crippen LogP contribution is -2.37. The Morgan fingerprint density at radius 1 is 0.926 bits per heavy atom. The van der Waals surface area contributed by atoms with Crippen LogP contribution in [0, 0.1) is 6.92 Å². The van der Waals surface area contributed by atoms with Crippen LogP contribution >= 0.6 is 0 Å². The van der Waals surface area contributed by atoms with E-state index in [9.17, 15) is 0 Å². The molecule has 0 aliphatic rings. The van der Waals surface area contributed by atoms with Crippen LogP contribution in [0.15, 0.2) is 48.5 Å². The minimum absolute atomic E-state index is 0.369. The molecule has 0 saturated carbocycles. The maximum atomic E-state index is 5.99. The van der Waals surface area contributed by atoms with Crippen molar-refractivity contribution >= 4 is 0 Å². The Morgan fingerprint density at radius 3 is 2.19 bits per heavy atom. The molecule has 2 heteroatoms. The van der Waals surface area contributed by atoms with Crippen molar-refractivity contribution in [3.05, 3.63) is 65.2 Å². The lowest BCUT2D eigenvalue weighted by Gasteiger charge is -2.31. The summed E-state index contributed by atoms with van der Waals surface area (Å²) in [6, 6.07) is 18.7. The van der Waals surface area contributed by atoms with Crippen LogP contribution in [0.25, 0.3) is 0 Å². The second kappa shape index (κ2) is 10.5. The van der Waals surface area contributed by atoms with Crippen molar-refractivity contribution in [2.24, 2.45) is 0 Å².